The first kappa shape index (κ1) is 51.1. The van der Waals surface area contributed by atoms with Crippen LogP contribution < -0.4 is 21.1 Å². The van der Waals surface area contributed by atoms with Gasteiger partial charge in [-0.25, -0.2) is 19.4 Å². The molecule has 8 rings (SSSR count). The smallest absolute Gasteiger partial charge is 0.482 e. The Morgan fingerprint density at radius 2 is 1.60 bits per heavy atom. The van der Waals surface area contributed by atoms with Crippen molar-refractivity contribution in [3.05, 3.63) is 148 Å². The van der Waals surface area contributed by atoms with Gasteiger partial charge in [-0.1, -0.05) is 70.2 Å². The Bertz CT molecular complexity index is 2900. The molecule has 3 atom stereocenters. The number of H-pyrrole nitrogens is 1. The summed E-state index contributed by atoms with van der Waals surface area (Å²) in [5.41, 5.74) is 1.50. The van der Waals surface area contributed by atoms with Gasteiger partial charge in [0.1, 0.15) is 34.6 Å². The fraction of sp³-hybridized carbons (Fsp3) is 0.389. The zero-order valence-corrected chi connectivity index (χ0v) is 41.8. The molecule has 0 radical (unpaired) electrons. The van der Waals surface area contributed by atoms with Crippen LogP contribution in [0.25, 0.3) is 17.1 Å². The highest BCUT2D eigenvalue weighted by molar-refractivity contribution is 6.48. The number of phenols is 2. The van der Waals surface area contributed by atoms with Crippen LogP contribution in [0.15, 0.2) is 114 Å². The highest BCUT2D eigenvalue weighted by atomic mass is 16.7. The summed E-state index contributed by atoms with van der Waals surface area (Å²) >= 11 is 0. The fourth-order valence-corrected chi connectivity index (χ4v) is 9.39. The lowest BCUT2D eigenvalue weighted by Gasteiger charge is -2.37. The molecule has 2 aliphatic rings. The summed E-state index contributed by atoms with van der Waals surface area (Å²) in [6.07, 6.45) is 6.57. The van der Waals surface area contributed by atoms with Crippen LogP contribution in [0.1, 0.15) is 111 Å². The fourth-order valence-electron chi connectivity index (χ4n) is 9.39. The van der Waals surface area contributed by atoms with Gasteiger partial charge in [-0.15, -0.1) is 0 Å². The Labute approximate surface area is 419 Å². The van der Waals surface area contributed by atoms with Crippen molar-refractivity contribution in [1.29, 1.82) is 0 Å². The van der Waals surface area contributed by atoms with Crippen LogP contribution in [0, 0.1) is 11.8 Å². The molecule has 2 saturated heterocycles. The summed E-state index contributed by atoms with van der Waals surface area (Å²) in [5, 5.41) is 33.7. The van der Waals surface area contributed by atoms with Crippen LogP contribution in [-0.4, -0.2) is 102 Å². The summed E-state index contributed by atoms with van der Waals surface area (Å²) in [4.78, 5) is 64.2. The maximum absolute atomic E-state index is 14.2. The van der Waals surface area contributed by atoms with Crippen LogP contribution in [0.4, 0.5) is 0 Å². The van der Waals surface area contributed by atoms with E-state index >= 15 is 0 Å². The third-order valence-corrected chi connectivity index (χ3v) is 13.8. The number of carbonyl (C=O) groups excluding carboxylic acids is 3. The van der Waals surface area contributed by atoms with Gasteiger partial charge in [0, 0.05) is 43.5 Å². The van der Waals surface area contributed by atoms with Gasteiger partial charge < -0.3 is 39.8 Å². The number of benzene rings is 4. The van der Waals surface area contributed by atoms with Crippen LogP contribution >= 0.6 is 0 Å². The quantitative estimate of drug-likeness (QED) is 0.0577. The van der Waals surface area contributed by atoms with Gasteiger partial charge in [-0.2, -0.15) is 5.10 Å². The molecule has 0 saturated carbocycles. The number of aromatic nitrogens is 5. The van der Waals surface area contributed by atoms with E-state index in [1.165, 1.54) is 29.2 Å². The van der Waals surface area contributed by atoms with Crippen molar-refractivity contribution in [2.45, 2.75) is 103 Å². The first-order valence-electron chi connectivity index (χ1n) is 24.5. The van der Waals surface area contributed by atoms with Crippen molar-refractivity contribution in [1.82, 2.24) is 40.3 Å². The van der Waals surface area contributed by atoms with Gasteiger partial charge in [0.05, 0.1) is 35.6 Å². The second kappa shape index (κ2) is 21.6. The Hall–Kier alpha value is -7.31. The van der Waals surface area contributed by atoms with Crippen molar-refractivity contribution in [3.8, 4) is 34.3 Å². The lowest BCUT2D eigenvalue weighted by atomic mass is 9.73. The second-order valence-electron chi connectivity index (χ2n) is 20.1. The lowest BCUT2D eigenvalue weighted by Crippen LogP contribution is -2.55. The lowest BCUT2D eigenvalue weighted by molar-refractivity contribution is -0.123. The number of aromatic hydroxyl groups is 2. The number of aromatic amines is 1. The number of carbonyl (C=O) groups is 3. The predicted octanol–water partition coefficient (Wildman–Crippen LogP) is 7.12. The first-order chi connectivity index (χ1) is 34.4. The van der Waals surface area contributed by atoms with Crippen molar-refractivity contribution in [2.75, 3.05) is 19.7 Å². The van der Waals surface area contributed by atoms with E-state index in [1.807, 2.05) is 94.1 Å². The Morgan fingerprint density at radius 1 is 0.889 bits per heavy atom. The molecule has 18 heteroatoms. The molecular formula is C54H63BN8O9. The number of hydrogen-bond donors (Lipinski definition) is 5. The number of nitrogens with one attached hydrogen (secondary N) is 3. The van der Waals surface area contributed by atoms with E-state index in [0.29, 0.717) is 54.2 Å². The average molecular weight is 979 g/mol. The molecule has 0 aliphatic carbocycles. The molecule has 5 N–H and O–H groups in total. The molecule has 2 aromatic heterocycles. The highest BCUT2D eigenvalue weighted by Crippen LogP contribution is 2.46. The van der Waals surface area contributed by atoms with E-state index in [4.69, 9.17) is 14.0 Å². The van der Waals surface area contributed by atoms with Crippen molar-refractivity contribution in [2.24, 2.45) is 11.8 Å². The molecule has 4 heterocycles. The molecular weight excluding hydrogens is 915 g/mol. The van der Waals surface area contributed by atoms with E-state index in [9.17, 15) is 29.4 Å². The Morgan fingerprint density at radius 3 is 2.25 bits per heavy atom. The minimum Gasteiger partial charge on any atom is -0.508 e. The molecule has 0 spiro atoms. The Kier molecular flexibility index (Phi) is 15.3. The predicted molar refractivity (Wildman–Crippen MR) is 272 cm³/mol. The molecule has 72 heavy (non-hydrogen) atoms. The topological polar surface area (TPSA) is 223 Å². The van der Waals surface area contributed by atoms with Gasteiger partial charge in [0.2, 0.25) is 5.91 Å². The van der Waals surface area contributed by atoms with E-state index in [-0.39, 0.29) is 59.0 Å². The molecule has 0 bridgehead atoms. The third kappa shape index (κ3) is 11.2. The minimum atomic E-state index is -0.961. The van der Waals surface area contributed by atoms with Crippen LogP contribution in [0.2, 0.25) is 0 Å². The normalized spacial score (nSPS) is 17.7. The summed E-state index contributed by atoms with van der Waals surface area (Å²) in [7, 11) is -0.830. The number of rotatable bonds is 17. The number of ether oxygens (including phenoxy) is 1. The van der Waals surface area contributed by atoms with Crippen molar-refractivity contribution in [3.63, 3.8) is 0 Å². The number of piperidine rings is 1. The number of hydrogen-bond acceptors (Lipinski definition) is 12. The van der Waals surface area contributed by atoms with Gasteiger partial charge in [0.15, 0.2) is 5.82 Å². The standard InChI is InChI=1S/C54H63BN8O9/c1-33(2)27-47(59-49(66)43(28-35-11-9-8-10-12-35)58-50(67)44-31-56-23-24-57-44)55-71-53(5,6)54(7,72-55)38-15-13-37(14-16-38)51(68)62-25-21-36(22-26-62)32-70-40-19-17-39(18-20-40)63-48(60-61-52(63)69)42-29-41(34(3)4)45(64)30-46(42)65/h8-20,23-24,29-31,33-34,36,43,47,64-65H,21-22,25-28,32H2,1-7H3,(H,58,67)(H,59,66)(H,61,69). The first-order valence-corrected chi connectivity index (χ1v) is 24.5. The zero-order valence-electron chi connectivity index (χ0n) is 41.8. The molecule has 2 aliphatic heterocycles. The van der Waals surface area contributed by atoms with Crippen molar-refractivity contribution >= 4 is 24.8 Å². The van der Waals surface area contributed by atoms with Gasteiger partial charge >= 0.3 is 12.8 Å². The van der Waals surface area contributed by atoms with E-state index in [2.05, 4.69) is 44.6 Å². The van der Waals surface area contributed by atoms with E-state index in [0.717, 1.165) is 24.0 Å². The van der Waals surface area contributed by atoms with Gasteiger partial charge in [0.25, 0.3) is 11.8 Å². The van der Waals surface area contributed by atoms with E-state index in [1.54, 1.807) is 30.3 Å². The van der Waals surface area contributed by atoms with Crippen LogP contribution in [-0.2, 0) is 26.1 Å². The molecule has 3 unspecified atom stereocenters. The maximum Gasteiger partial charge on any atom is 0.482 e. The minimum absolute atomic E-state index is 0.0279. The zero-order chi connectivity index (χ0) is 51.3. The Balaban J connectivity index is 0.868. The second-order valence-corrected chi connectivity index (χ2v) is 20.1. The number of nitrogens with zero attached hydrogens (tertiary/aromatic N) is 5. The molecule has 2 fully saturated rings. The highest BCUT2D eigenvalue weighted by Gasteiger charge is 2.57. The van der Waals surface area contributed by atoms with Gasteiger partial charge in [-0.3, -0.25) is 19.4 Å². The molecule has 17 nitrogen and oxygen atoms in total. The average Bonchev–Trinajstić information content (AvgIpc) is 3.87. The van der Waals surface area contributed by atoms with Crippen LogP contribution in [0.5, 0.6) is 17.2 Å². The maximum atomic E-state index is 14.2. The summed E-state index contributed by atoms with van der Waals surface area (Å²) in [6.45, 7) is 15.4. The molecule has 6 aromatic rings. The number of amides is 3. The molecule has 3 amide bonds. The molecule has 4 aromatic carbocycles. The van der Waals surface area contributed by atoms with E-state index < -0.39 is 41.9 Å². The summed E-state index contributed by atoms with van der Waals surface area (Å²) < 4.78 is 21.0. The third-order valence-electron chi connectivity index (χ3n) is 13.8. The summed E-state index contributed by atoms with van der Waals surface area (Å²) in [6, 6.07) is 26.0. The van der Waals surface area contributed by atoms with Gasteiger partial charge in [-0.05, 0) is 117 Å². The summed E-state index contributed by atoms with van der Waals surface area (Å²) in [5.74, 6) is -0.575. The number of likely N-dealkylation sites (tertiary alicyclic amines) is 1. The van der Waals surface area contributed by atoms with Crippen LogP contribution in [0.3, 0.4) is 0 Å². The number of phenolic OH excluding ortho intramolecular Hbond substituents is 2. The molecule has 376 valence electrons. The largest absolute Gasteiger partial charge is 0.508 e. The van der Waals surface area contributed by atoms with Crippen molar-refractivity contribution < 1.29 is 38.6 Å². The monoisotopic (exact) mass is 978 g/mol. The SMILES string of the molecule is CC(C)CC(NC(=O)C(Cc1ccccc1)NC(=O)c1cnccn1)B1OC(C)(C)C(C)(c2ccc(C(=O)N3CCC(COc4ccc(-n5c(-c6cc(C(C)C)c(O)cc6O)n[nH]c5=O)cc4)CC3)cc2)O1.